The van der Waals surface area contributed by atoms with Crippen LogP contribution in [-0.4, -0.2) is 38.6 Å². The number of benzene rings is 2. The van der Waals surface area contributed by atoms with Crippen molar-refractivity contribution in [3.05, 3.63) is 70.1 Å². The zero-order valence-electron chi connectivity index (χ0n) is 16.8. The molecule has 160 valence electrons. The van der Waals surface area contributed by atoms with Gasteiger partial charge in [0.1, 0.15) is 10.1 Å². The van der Waals surface area contributed by atoms with E-state index in [0.29, 0.717) is 27.8 Å². The average molecular weight is 456 g/mol. The van der Waals surface area contributed by atoms with Gasteiger partial charge in [0.25, 0.3) is 11.8 Å². The zero-order valence-corrected chi connectivity index (χ0v) is 18.4. The Morgan fingerprint density at radius 3 is 2.45 bits per heavy atom. The lowest BCUT2D eigenvalue weighted by molar-refractivity contribution is -0.124. The summed E-state index contributed by atoms with van der Waals surface area (Å²) < 4.78 is 0.462. The topological polar surface area (TPSA) is 98.7 Å². The highest BCUT2D eigenvalue weighted by atomic mass is 32.2. The molecule has 1 heterocycles. The minimum Gasteiger partial charge on any atom is -0.508 e. The fraction of sp³-hybridized carbons (Fsp3) is 0.182. The minimum absolute atomic E-state index is 0.0463. The number of phenols is 1. The minimum atomic E-state index is -0.494. The lowest BCUT2D eigenvalue weighted by Gasteiger charge is -2.14. The smallest absolute Gasteiger partial charge is 0.269 e. The van der Waals surface area contributed by atoms with Crippen LogP contribution in [0.25, 0.3) is 6.08 Å². The third-order valence-corrected chi connectivity index (χ3v) is 5.86. The van der Waals surface area contributed by atoms with E-state index in [1.165, 1.54) is 40.9 Å². The number of thiocarbonyl (C=S) groups is 1. The summed E-state index contributed by atoms with van der Waals surface area (Å²) in [4.78, 5) is 38.6. The van der Waals surface area contributed by atoms with Crippen LogP contribution < -0.4 is 10.9 Å². The molecule has 9 heteroatoms. The van der Waals surface area contributed by atoms with Gasteiger partial charge < -0.3 is 5.11 Å². The van der Waals surface area contributed by atoms with Crippen molar-refractivity contribution in [1.82, 2.24) is 15.8 Å². The number of hydrogen-bond donors (Lipinski definition) is 3. The monoisotopic (exact) mass is 455 g/mol. The number of hydrogen-bond acceptors (Lipinski definition) is 6. The number of carbonyl (C=O) groups excluding carboxylic acids is 3. The van der Waals surface area contributed by atoms with Gasteiger partial charge in [-0.05, 0) is 49.2 Å². The number of rotatable bonds is 6. The lowest BCUT2D eigenvalue weighted by Crippen LogP contribution is -2.41. The third-order valence-electron chi connectivity index (χ3n) is 4.48. The number of nitrogens with one attached hydrogen (secondary N) is 2. The van der Waals surface area contributed by atoms with Crippen molar-refractivity contribution >= 4 is 52.1 Å². The van der Waals surface area contributed by atoms with Gasteiger partial charge in [0.15, 0.2) is 0 Å². The predicted molar refractivity (Wildman–Crippen MR) is 124 cm³/mol. The third kappa shape index (κ3) is 6.16. The number of aryl methyl sites for hydroxylation is 1. The largest absolute Gasteiger partial charge is 0.508 e. The van der Waals surface area contributed by atoms with E-state index in [1.54, 1.807) is 0 Å². The summed E-state index contributed by atoms with van der Waals surface area (Å²) in [7, 11) is 0. The molecule has 0 unspecified atom stereocenters. The molecular weight excluding hydrogens is 434 g/mol. The molecular formula is C22H21N3O4S2. The first-order chi connectivity index (χ1) is 14.8. The molecule has 31 heavy (non-hydrogen) atoms. The second-order valence-electron chi connectivity index (χ2n) is 6.90. The standard InChI is InChI=1S/C22H21N3O4S2/c1-14-4-6-15(7-5-14)13-18-21(29)25(22(30)31-18)12-2-3-19(27)23-24-20(28)16-8-10-17(26)11-9-16/h4-11,13,26H,2-3,12H2,1H3,(H,23,27)(H,24,28)/b18-13+. The van der Waals surface area contributed by atoms with Gasteiger partial charge in [0.05, 0.1) is 4.91 Å². The van der Waals surface area contributed by atoms with E-state index in [0.717, 1.165) is 11.1 Å². The summed E-state index contributed by atoms with van der Waals surface area (Å²) in [6.07, 6.45) is 2.32. The van der Waals surface area contributed by atoms with Crippen LogP contribution in [0, 0.1) is 6.92 Å². The van der Waals surface area contributed by atoms with Crippen molar-refractivity contribution in [1.29, 1.82) is 0 Å². The highest BCUT2D eigenvalue weighted by Gasteiger charge is 2.31. The Morgan fingerprint density at radius 2 is 1.77 bits per heavy atom. The number of hydrazine groups is 1. The quantitative estimate of drug-likeness (QED) is 0.352. The Hall–Kier alpha value is -3.17. The van der Waals surface area contributed by atoms with Crippen molar-refractivity contribution in [2.75, 3.05) is 6.54 Å². The summed E-state index contributed by atoms with van der Waals surface area (Å²) in [5.74, 6) is -0.999. The summed E-state index contributed by atoms with van der Waals surface area (Å²) >= 11 is 6.56. The predicted octanol–water partition coefficient (Wildman–Crippen LogP) is 3.14. The van der Waals surface area contributed by atoms with E-state index in [2.05, 4.69) is 10.9 Å². The molecule has 1 saturated heterocycles. The second kappa shape index (κ2) is 10.2. The van der Waals surface area contributed by atoms with Crippen LogP contribution in [-0.2, 0) is 9.59 Å². The molecule has 1 aliphatic rings. The molecule has 0 saturated carbocycles. The number of carbonyl (C=O) groups is 3. The van der Waals surface area contributed by atoms with Gasteiger partial charge in [0.2, 0.25) is 5.91 Å². The lowest BCUT2D eigenvalue weighted by atomic mass is 10.1. The Kier molecular flexibility index (Phi) is 7.43. The Bertz CT molecular complexity index is 1030. The van der Waals surface area contributed by atoms with Gasteiger partial charge in [-0.15, -0.1) is 0 Å². The molecule has 0 radical (unpaired) electrons. The Balaban J connectivity index is 1.45. The molecule has 2 aromatic carbocycles. The van der Waals surface area contributed by atoms with E-state index >= 15 is 0 Å². The first-order valence-corrected chi connectivity index (χ1v) is 10.8. The normalized spacial score (nSPS) is 14.7. The Morgan fingerprint density at radius 1 is 1.10 bits per heavy atom. The van der Waals surface area contributed by atoms with Gasteiger partial charge in [-0.1, -0.05) is 53.8 Å². The molecule has 2 aromatic rings. The summed E-state index contributed by atoms with van der Waals surface area (Å²) in [6.45, 7) is 2.31. The molecule has 0 bridgehead atoms. The second-order valence-corrected chi connectivity index (χ2v) is 8.57. The van der Waals surface area contributed by atoms with Crippen molar-refractivity contribution in [2.24, 2.45) is 0 Å². The molecule has 3 N–H and O–H groups in total. The van der Waals surface area contributed by atoms with Crippen molar-refractivity contribution in [2.45, 2.75) is 19.8 Å². The van der Waals surface area contributed by atoms with E-state index in [9.17, 15) is 19.5 Å². The molecule has 1 fully saturated rings. The van der Waals surface area contributed by atoms with Crippen LogP contribution in [0.5, 0.6) is 5.75 Å². The molecule has 0 aromatic heterocycles. The highest BCUT2D eigenvalue weighted by molar-refractivity contribution is 8.26. The van der Waals surface area contributed by atoms with Gasteiger partial charge >= 0.3 is 0 Å². The first kappa shape index (κ1) is 22.5. The first-order valence-electron chi connectivity index (χ1n) is 9.54. The molecule has 7 nitrogen and oxygen atoms in total. The maximum Gasteiger partial charge on any atom is 0.269 e. The molecule has 0 atom stereocenters. The molecule has 3 amide bonds. The van der Waals surface area contributed by atoms with Crippen molar-refractivity contribution in [3.8, 4) is 5.75 Å². The van der Waals surface area contributed by atoms with Gasteiger partial charge in [0, 0.05) is 18.5 Å². The van der Waals surface area contributed by atoms with Crippen molar-refractivity contribution < 1.29 is 19.5 Å². The van der Waals surface area contributed by atoms with Gasteiger partial charge in [-0.3, -0.25) is 30.1 Å². The fourth-order valence-corrected chi connectivity index (χ4v) is 4.09. The molecule has 0 spiro atoms. The van der Waals surface area contributed by atoms with E-state index in [1.807, 2.05) is 37.3 Å². The van der Waals surface area contributed by atoms with Crippen LogP contribution in [0.15, 0.2) is 53.4 Å². The van der Waals surface area contributed by atoms with Crippen molar-refractivity contribution in [3.63, 3.8) is 0 Å². The van der Waals surface area contributed by atoms with Crippen LogP contribution in [0.1, 0.15) is 34.3 Å². The zero-order chi connectivity index (χ0) is 22.4. The summed E-state index contributed by atoms with van der Waals surface area (Å²) in [5.41, 5.74) is 7.02. The molecule has 3 rings (SSSR count). The summed E-state index contributed by atoms with van der Waals surface area (Å²) in [5, 5.41) is 9.24. The van der Waals surface area contributed by atoms with E-state index in [4.69, 9.17) is 12.2 Å². The maximum atomic E-state index is 12.6. The number of thioether (sulfide) groups is 1. The van der Waals surface area contributed by atoms with Crippen LogP contribution in [0.3, 0.4) is 0 Å². The average Bonchev–Trinajstić information content (AvgIpc) is 3.01. The van der Waals surface area contributed by atoms with E-state index in [-0.39, 0.29) is 24.0 Å². The van der Waals surface area contributed by atoms with E-state index < -0.39 is 5.91 Å². The number of phenolic OH excluding ortho intramolecular Hbond substituents is 1. The molecule has 0 aliphatic carbocycles. The van der Waals surface area contributed by atoms with Gasteiger partial charge in [-0.25, -0.2) is 0 Å². The number of amides is 3. The van der Waals surface area contributed by atoms with Crippen LogP contribution in [0.4, 0.5) is 0 Å². The van der Waals surface area contributed by atoms with Crippen LogP contribution in [0.2, 0.25) is 0 Å². The number of aromatic hydroxyl groups is 1. The molecule has 1 aliphatic heterocycles. The van der Waals surface area contributed by atoms with Crippen LogP contribution >= 0.6 is 24.0 Å². The summed E-state index contributed by atoms with van der Waals surface area (Å²) in [6, 6.07) is 13.5. The fourth-order valence-electron chi connectivity index (χ4n) is 2.78. The highest BCUT2D eigenvalue weighted by Crippen LogP contribution is 2.32. The SMILES string of the molecule is Cc1ccc(/C=C2/SC(=S)N(CCCC(=O)NNC(=O)c3ccc(O)cc3)C2=O)cc1. The Labute approximate surface area is 189 Å². The van der Waals surface area contributed by atoms with Gasteiger partial charge in [-0.2, -0.15) is 0 Å². The number of nitrogens with zero attached hydrogens (tertiary/aromatic N) is 1. The maximum absolute atomic E-state index is 12.6.